The van der Waals surface area contributed by atoms with E-state index in [9.17, 15) is 0 Å². The highest BCUT2D eigenvalue weighted by Crippen LogP contribution is 2.34. The van der Waals surface area contributed by atoms with Crippen LogP contribution in [0, 0.1) is 0 Å². The summed E-state index contributed by atoms with van der Waals surface area (Å²) in [5.74, 6) is 2.48. The molecule has 124 valence electrons. The normalized spacial score (nSPS) is 24.8. The maximum atomic E-state index is 4.97. The van der Waals surface area contributed by atoms with E-state index >= 15 is 0 Å². The molecule has 1 saturated carbocycles. The van der Waals surface area contributed by atoms with Gasteiger partial charge < -0.3 is 4.90 Å². The first kappa shape index (κ1) is 14.6. The van der Waals surface area contributed by atoms with Gasteiger partial charge in [-0.3, -0.25) is 4.99 Å². The summed E-state index contributed by atoms with van der Waals surface area (Å²) in [6.45, 7) is 0. The second kappa shape index (κ2) is 5.96. The lowest BCUT2D eigenvalue weighted by atomic mass is 9.87. The Balaban J connectivity index is 1.62. The van der Waals surface area contributed by atoms with Crippen molar-refractivity contribution >= 4 is 23.2 Å². The number of nitrogens with zero attached hydrogens (tertiary/aromatic N) is 4. The summed E-state index contributed by atoms with van der Waals surface area (Å²) in [6, 6.07) is 21.5. The molecule has 4 nitrogen and oxygen atoms in total. The molecule has 25 heavy (non-hydrogen) atoms. The van der Waals surface area contributed by atoms with Gasteiger partial charge >= 0.3 is 0 Å². The Hall–Kier alpha value is -2.75. The third-order valence-electron chi connectivity index (χ3n) is 5.23. The number of anilines is 1. The van der Waals surface area contributed by atoms with E-state index in [1.807, 2.05) is 18.2 Å². The first-order valence-electron chi connectivity index (χ1n) is 9.05. The Morgan fingerprint density at radius 3 is 2.28 bits per heavy atom. The monoisotopic (exact) mass is 328 g/mol. The molecule has 5 rings (SSSR count). The molecule has 4 heteroatoms. The molecule has 2 aromatic carbocycles. The maximum Gasteiger partial charge on any atom is 0.193 e. The zero-order chi connectivity index (χ0) is 16.6. The van der Waals surface area contributed by atoms with Crippen molar-refractivity contribution in [3.63, 3.8) is 0 Å². The van der Waals surface area contributed by atoms with Gasteiger partial charge in [0, 0.05) is 11.3 Å². The van der Waals surface area contributed by atoms with E-state index < -0.39 is 0 Å². The summed E-state index contributed by atoms with van der Waals surface area (Å²) in [6.07, 6.45) is 4.81. The predicted molar refractivity (Wildman–Crippen MR) is 103 cm³/mol. The minimum absolute atomic E-state index is 0.321. The van der Waals surface area contributed by atoms with Crippen LogP contribution in [-0.4, -0.2) is 29.6 Å². The number of amidine groups is 3. The first-order valence-corrected chi connectivity index (χ1v) is 9.05. The third-order valence-corrected chi connectivity index (χ3v) is 5.23. The number of hydrogen-bond donors (Lipinski definition) is 0. The van der Waals surface area contributed by atoms with Gasteiger partial charge in [-0.25, -0.2) is 9.98 Å². The van der Waals surface area contributed by atoms with Crippen molar-refractivity contribution < 1.29 is 0 Å². The van der Waals surface area contributed by atoms with E-state index in [-0.39, 0.29) is 0 Å². The molecule has 2 atom stereocenters. The van der Waals surface area contributed by atoms with Crippen molar-refractivity contribution in [3.8, 4) is 0 Å². The summed E-state index contributed by atoms with van der Waals surface area (Å²) < 4.78 is 0. The van der Waals surface area contributed by atoms with Crippen LogP contribution in [0.1, 0.15) is 31.2 Å². The van der Waals surface area contributed by atoms with Crippen molar-refractivity contribution in [2.75, 3.05) is 4.90 Å². The maximum absolute atomic E-state index is 4.97. The van der Waals surface area contributed by atoms with Crippen LogP contribution in [0.5, 0.6) is 0 Å². The minimum atomic E-state index is 0.321. The largest absolute Gasteiger partial charge is 0.318 e. The Kier molecular flexibility index (Phi) is 3.47. The topological polar surface area (TPSA) is 40.3 Å². The zero-order valence-corrected chi connectivity index (χ0v) is 14.0. The van der Waals surface area contributed by atoms with Gasteiger partial charge in [0.05, 0.1) is 12.1 Å². The molecule has 0 radical (unpaired) electrons. The smallest absolute Gasteiger partial charge is 0.193 e. The van der Waals surface area contributed by atoms with E-state index in [1.165, 1.54) is 18.5 Å². The van der Waals surface area contributed by atoms with Crippen LogP contribution < -0.4 is 4.90 Å². The third kappa shape index (κ3) is 2.49. The second-order valence-electron chi connectivity index (χ2n) is 6.81. The molecule has 0 saturated heterocycles. The van der Waals surface area contributed by atoms with E-state index in [0.29, 0.717) is 12.1 Å². The van der Waals surface area contributed by atoms with E-state index in [4.69, 9.17) is 15.0 Å². The van der Waals surface area contributed by atoms with Crippen LogP contribution >= 0.6 is 0 Å². The molecule has 2 aliphatic heterocycles. The van der Waals surface area contributed by atoms with Crippen LogP contribution in [0.15, 0.2) is 75.6 Å². The van der Waals surface area contributed by atoms with Gasteiger partial charge in [0.25, 0.3) is 0 Å². The average Bonchev–Trinajstić information content (AvgIpc) is 3.11. The Morgan fingerprint density at radius 1 is 0.760 bits per heavy atom. The van der Waals surface area contributed by atoms with Crippen molar-refractivity contribution in [1.82, 2.24) is 0 Å². The molecule has 1 fully saturated rings. The van der Waals surface area contributed by atoms with Gasteiger partial charge in [0.2, 0.25) is 0 Å². The SMILES string of the molecule is c1ccc(C2=NC3=NC4CCCC[C@@H]4N(c4ccccc4)C3=N2)cc1. The van der Waals surface area contributed by atoms with Crippen LogP contribution in [0.3, 0.4) is 0 Å². The van der Waals surface area contributed by atoms with Crippen LogP contribution in [0.4, 0.5) is 5.69 Å². The molecule has 3 aliphatic rings. The van der Waals surface area contributed by atoms with Crippen LogP contribution in [0.25, 0.3) is 0 Å². The molecule has 0 N–H and O–H groups in total. The molecule has 0 amide bonds. The molecule has 2 heterocycles. The number of hydrogen-bond acceptors (Lipinski definition) is 4. The zero-order valence-electron chi connectivity index (χ0n) is 14.0. The number of fused-ring (bicyclic) bond motifs is 2. The molecular weight excluding hydrogens is 308 g/mol. The van der Waals surface area contributed by atoms with Gasteiger partial charge in [0.1, 0.15) is 0 Å². The molecule has 2 aromatic rings. The molecule has 1 aliphatic carbocycles. The molecule has 0 bridgehead atoms. The van der Waals surface area contributed by atoms with E-state index in [1.54, 1.807) is 0 Å². The predicted octanol–water partition coefficient (Wildman–Crippen LogP) is 4.08. The van der Waals surface area contributed by atoms with Gasteiger partial charge in [-0.15, -0.1) is 0 Å². The Labute approximate surface area is 147 Å². The van der Waals surface area contributed by atoms with Crippen LogP contribution in [-0.2, 0) is 0 Å². The Morgan fingerprint density at radius 2 is 1.48 bits per heavy atom. The van der Waals surface area contributed by atoms with E-state index in [0.717, 1.165) is 35.9 Å². The lowest BCUT2D eigenvalue weighted by molar-refractivity contribution is 0.382. The number of para-hydroxylation sites is 1. The summed E-state index contributed by atoms with van der Waals surface area (Å²) >= 11 is 0. The van der Waals surface area contributed by atoms with Gasteiger partial charge in [-0.1, -0.05) is 61.4 Å². The fraction of sp³-hybridized carbons (Fsp3) is 0.286. The summed E-state index contributed by atoms with van der Waals surface area (Å²) in [7, 11) is 0. The highest BCUT2D eigenvalue weighted by molar-refractivity contribution is 6.52. The van der Waals surface area contributed by atoms with Gasteiger partial charge in [-0.2, -0.15) is 0 Å². The van der Waals surface area contributed by atoms with Crippen molar-refractivity contribution in [1.29, 1.82) is 0 Å². The van der Waals surface area contributed by atoms with Crippen molar-refractivity contribution in [2.24, 2.45) is 15.0 Å². The fourth-order valence-corrected chi connectivity index (χ4v) is 4.05. The molecule has 0 spiro atoms. The van der Waals surface area contributed by atoms with Gasteiger partial charge in [-0.05, 0) is 25.0 Å². The molecule has 0 aromatic heterocycles. The first-order chi connectivity index (χ1) is 12.4. The lowest BCUT2D eigenvalue weighted by Crippen LogP contribution is -2.53. The number of rotatable bonds is 2. The highest BCUT2D eigenvalue weighted by atomic mass is 15.3. The molecular formula is C21H20N4. The molecule has 1 unspecified atom stereocenters. The quantitative estimate of drug-likeness (QED) is 0.819. The number of benzene rings is 2. The van der Waals surface area contributed by atoms with Crippen molar-refractivity contribution in [3.05, 3.63) is 66.2 Å². The summed E-state index contributed by atoms with van der Waals surface area (Å²) in [4.78, 5) is 17.0. The second-order valence-corrected chi connectivity index (χ2v) is 6.81. The van der Waals surface area contributed by atoms with E-state index in [2.05, 4.69) is 47.4 Å². The lowest BCUT2D eigenvalue weighted by Gasteiger charge is -2.42. The summed E-state index contributed by atoms with van der Waals surface area (Å²) in [5, 5.41) is 0. The van der Waals surface area contributed by atoms with Gasteiger partial charge in [0.15, 0.2) is 17.5 Å². The highest BCUT2D eigenvalue weighted by Gasteiger charge is 2.40. The van der Waals surface area contributed by atoms with Crippen LogP contribution in [0.2, 0.25) is 0 Å². The standard InChI is InChI=1S/C21H20N4/c1-3-9-15(10-4-1)19-23-20-21(24-19)25(16-11-5-2-6-12-16)18-14-8-7-13-17(18)22-20/h1-6,9-12,17-18H,7-8,13-14H2/t17?,18-/m0/s1. The Bertz CT molecular complexity index is 867. The minimum Gasteiger partial charge on any atom is -0.318 e. The summed E-state index contributed by atoms with van der Waals surface area (Å²) in [5.41, 5.74) is 2.23. The van der Waals surface area contributed by atoms with Crippen molar-refractivity contribution in [2.45, 2.75) is 37.8 Å². The average molecular weight is 328 g/mol. The number of aliphatic imine (C=N–C) groups is 3. The fourth-order valence-electron chi connectivity index (χ4n) is 4.05.